The van der Waals surface area contributed by atoms with E-state index in [0.29, 0.717) is 0 Å². The Balaban J connectivity index is 2.31. The summed E-state index contributed by atoms with van der Waals surface area (Å²) in [5.41, 5.74) is 1.36. The van der Waals surface area contributed by atoms with E-state index in [0.717, 1.165) is 30.6 Å². The molecule has 0 spiro atoms. The number of likely N-dealkylation sites (tertiary alicyclic amines) is 1. The van der Waals surface area contributed by atoms with Crippen LogP contribution in [-0.2, 0) is 0 Å². The predicted molar refractivity (Wildman–Crippen MR) is 80.2 cm³/mol. The van der Waals surface area contributed by atoms with Crippen LogP contribution in [0.2, 0.25) is 0 Å². The van der Waals surface area contributed by atoms with Gasteiger partial charge in [-0.1, -0.05) is 19.4 Å². The lowest BCUT2D eigenvalue weighted by atomic mass is 9.82. The second-order valence-electron chi connectivity index (χ2n) is 6.16. The molecule has 1 fully saturated rings. The second kappa shape index (κ2) is 6.23. The van der Waals surface area contributed by atoms with Crippen molar-refractivity contribution in [3.63, 3.8) is 0 Å². The van der Waals surface area contributed by atoms with Crippen LogP contribution in [-0.4, -0.2) is 28.6 Å². The molecule has 0 aliphatic carbocycles. The van der Waals surface area contributed by atoms with E-state index in [1.54, 1.807) is 6.07 Å². The summed E-state index contributed by atoms with van der Waals surface area (Å²) in [6.07, 6.45) is 3.84. The number of rotatable bonds is 4. The third kappa shape index (κ3) is 2.89. The fraction of sp³-hybridized carbons (Fsp3) is 0.647. The van der Waals surface area contributed by atoms with Crippen molar-refractivity contribution < 1.29 is 9.50 Å². The van der Waals surface area contributed by atoms with Crippen molar-refractivity contribution in [2.45, 2.75) is 58.1 Å². The Labute approximate surface area is 121 Å². The van der Waals surface area contributed by atoms with Gasteiger partial charge in [0.15, 0.2) is 0 Å². The zero-order chi connectivity index (χ0) is 14.8. The van der Waals surface area contributed by atoms with Crippen LogP contribution >= 0.6 is 0 Å². The number of nitrogens with zero attached hydrogens (tertiary/aromatic N) is 1. The van der Waals surface area contributed by atoms with Gasteiger partial charge in [0.05, 0.1) is 6.10 Å². The summed E-state index contributed by atoms with van der Waals surface area (Å²) in [4.78, 5) is 2.38. The molecule has 0 saturated carbocycles. The third-order valence-corrected chi connectivity index (χ3v) is 4.92. The summed E-state index contributed by atoms with van der Waals surface area (Å²) in [6, 6.07) is 4.69. The van der Waals surface area contributed by atoms with E-state index in [2.05, 4.69) is 18.7 Å². The molecule has 0 aromatic heterocycles. The van der Waals surface area contributed by atoms with Crippen molar-refractivity contribution in [3.8, 4) is 0 Å². The minimum Gasteiger partial charge on any atom is -0.386 e. The number of aliphatic hydroxyl groups excluding tert-OH is 1. The van der Waals surface area contributed by atoms with Gasteiger partial charge in [-0.15, -0.1) is 0 Å². The van der Waals surface area contributed by atoms with E-state index in [-0.39, 0.29) is 11.4 Å². The van der Waals surface area contributed by atoms with Crippen LogP contribution < -0.4 is 0 Å². The first-order valence-corrected chi connectivity index (χ1v) is 7.68. The Morgan fingerprint density at radius 2 is 1.95 bits per heavy atom. The van der Waals surface area contributed by atoms with Crippen LogP contribution in [0.3, 0.4) is 0 Å². The summed E-state index contributed by atoms with van der Waals surface area (Å²) in [6.45, 7) is 8.19. The van der Waals surface area contributed by atoms with Crippen molar-refractivity contribution >= 4 is 0 Å². The molecule has 2 atom stereocenters. The van der Waals surface area contributed by atoms with Crippen LogP contribution in [0.4, 0.5) is 4.39 Å². The molecule has 0 amide bonds. The molecule has 1 aromatic rings. The first-order valence-electron chi connectivity index (χ1n) is 7.68. The normalized spacial score (nSPS) is 21.4. The Morgan fingerprint density at radius 1 is 1.30 bits per heavy atom. The van der Waals surface area contributed by atoms with E-state index in [4.69, 9.17) is 0 Å². The second-order valence-corrected chi connectivity index (χ2v) is 6.16. The summed E-state index contributed by atoms with van der Waals surface area (Å²) in [5.74, 6) is -0.276. The van der Waals surface area contributed by atoms with E-state index in [9.17, 15) is 9.50 Å². The van der Waals surface area contributed by atoms with Crippen molar-refractivity contribution in [1.29, 1.82) is 0 Å². The number of aryl methyl sites for hydroxylation is 1. The first kappa shape index (κ1) is 15.5. The van der Waals surface area contributed by atoms with Gasteiger partial charge in [0, 0.05) is 5.54 Å². The molecule has 1 aliphatic rings. The summed E-state index contributed by atoms with van der Waals surface area (Å²) < 4.78 is 13.5. The van der Waals surface area contributed by atoms with Gasteiger partial charge in [-0.25, -0.2) is 4.39 Å². The Hall–Kier alpha value is -0.930. The highest BCUT2D eigenvalue weighted by Gasteiger charge is 2.39. The minimum absolute atomic E-state index is 0.276. The molecule has 2 unspecified atom stereocenters. The molecule has 2 rings (SSSR count). The largest absolute Gasteiger partial charge is 0.386 e. The van der Waals surface area contributed by atoms with Gasteiger partial charge < -0.3 is 5.11 Å². The lowest BCUT2D eigenvalue weighted by molar-refractivity contribution is -0.0356. The third-order valence-electron chi connectivity index (χ3n) is 4.92. The molecule has 1 aliphatic heterocycles. The number of hydrogen-bond donors (Lipinski definition) is 1. The summed E-state index contributed by atoms with van der Waals surface area (Å²) in [5, 5.41) is 10.9. The minimum atomic E-state index is -0.652. The molecule has 1 N–H and O–H groups in total. The Morgan fingerprint density at radius 3 is 2.55 bits per heavy atom. The summed E-state index contributed by atoms with van der Waals surface area (Å²) >= 11 is 0. The molecule has 0 radical (unpaired) electrons. The Bertz CT molecular complexity index is 456. The standard InChI is InChI=1S/C17H26FNO/c1-4-17(3,19-10-6-5-7-11-19)16(20)15-12-14(18)9-8-13(15)2/h8-9,12,16,20H,4-7,10-11H2,1-3H3. The van der Waals surface area contributed by atoms with Gasteiger partial charge in [-0.2, -0.15) is 0 Å². The molecule has 20 heavy (non-hydrogen) atoms. The molecule has 3 heteroatoms. The fourth-order valence-electron chi connectivity index (χ4n) is 3.24. The number of benzene rings is 1. The van der Waals surface area contributed by atoms with Crippen LogP contribution in [0.5, 0.6) is 0 Å². The maximum atomic E-state index is 13.5. The zero-order valence-corrected chi connectivity index (χ0v) is 12.8. The van der Waals surface area contributed by atoms with Gasteiger partial charge in [0.25, 0.3) is 0 Å². The maximum Gasteiger partial charge on any atom is 0.123 e. The lowest BCUT2D eigenvalue weighted by Gasteiger charge is -2.46. The molecular formula is C17H26FNO. The van der Waals surface area contributed by atoms with Crippen LogP contribution in [0.1, 0.15) is 56.8 Å². The van der Waals surface area contributed by atoms with Gasteiger partial charge in [0.2, 0.25) is 0 Å². The average molecular weight is 279 g/mol. The van der Waals surface area contributed by atoms with Crippen molar-refractivity contribution in [2.75, 3.05) is 13.1 Å². The van der Waals surface area contributed by atoms with E-state index >= 15 is 0 Å². The fourth-order valence-corrected chi connectivity index (χ4v) is 3.24. The van der Waals surface area contributed by atoms with Crippen molar-refractivity contribution in [2.24, 2.45) is 0 Å². The number of aliphatic hydroxyl groups is 1. The van der Waals surface area contributed by atoms with Crippen molar-refractivity contribution in [1.82, 2.24) is 4.90 Å². The molecular weight excluding hydrogens is 253 g/mol. The zero-order valence-electron chi connectivity index (χ0n) is 12.8. The lowest BCUT2D eigenvalue weighted by Crippen LogP contribution is -2.52. The van der Waals surface area contributed by atoms with Crippen molar-refractivity contribution in [3.05, 3.63) is 35.1 Å². The highest BCUT2D eigenvalue weighted by Crippen LogP contribution is 2.37. The van der Waals surface area contributed by atoms with Gasteiger partial charge in [-0.05, 0) is 69.5 Å². The maximum absolute atomic E-state index is 13.5. The monoisotopic (exact) mass is 279 g/mol. The SMILES string of the molecule is CCC(C)(C(O)c1cc(F)ccc1C)N1CCCCC1. The molecule has 1 heterocycles. The van der Waals surface area contributed by atoms with Crippen LogP contribution in [0.25, 0.3) is 0 Å². The van der Waals surface area contributed by atoms with E-state index in [1.807, 2.05) is 6.92 Å². The first-order chi connectivity index (χ1) is 9.49. The molecule has 1 aromatic carbocycles. The van der Waals surface area contributed by atoms with Crippen LogP contribution in [0.15, 0.2) is 18.2 Å². The van der Waals surface area contributed by atoms with Gasteiger partial charge >= 0.3 is 0 Å². The number of piperidine rings is 1. The molecule has 2 nitrogen and oxygen atoms in total. The van der Waals surface area contributed by atoms with Gasteiger partial charge in [0.1, 0.15) is 5.82 Å². The highest BCUT2D eigenvalue weighted by atomic mass is 19.1. The summed E-state index contributed by atoms with van der Waals surface area (Å²) in [7, 11) is 0. The van der Waals surface area contributed by atoms with E-state index in [1.165, 1.54) is 31.4 Å². The van der Waals surface area contributed by atoms with Crippen LogP contribution in [0, 0.1) is 12.7 Å². The molecule has 112 valence electrons. The molecule has 0 bridgehead atoms. The quantitative estimate of drug-likeness (QED) is 0.905. The van der Waals surface area contributed by atoms with Gasteiger partial charge in [-0.3, -0.25) is 4.90 Å². The Kier molecular flexibility index (Phi) is 4.82. The highest BCUT2D eigenvalue weighted by molar-refractivity contribution is 5.31. The number of hydrogen-bond acceptors (Lipinski definition) is 2. The predicted octanol–water partition coefficient (Wildman–Crippen LogP) is 3.82. The molecule has 1 saturated heterocycles. The van der Waals surface area contributed by atoms with E-state index < -0.39 is 6.10 Å². The smallest absolute Gasteiger partial charge is 0.123 e. The average Bonchev–Trinajstić information content (AvgIpc) is 2.49. The number of halogens is 1. The topological polar surface area (TPSA) is 23.5 Å².